The van der Waals surface area contributed by atoms with E-state index >= 15 is 0 Å². The number of benzene rings is 1. The SMILES string of the molecule is CC(Cc1ccsc1)NC(=O)C1CC(Cc2ccccc2Cl)=NO1. The molecule has 1 amide bonds. The van der Waals surface area contributed by atoms with Gasteiger partial charge in [-0.25, -0.2) is 0 Å². The van der Waals surface area contributed by atoms with Crippen molar-refractivity contribution in [2.24, 2.45) is 5.16 Å². The van der Waals surface area contributed by atoms with Gasteiger partial charge in [0, 0.05) is 23.9 Å². The molecular formula is C18H19ClN2O2S. The minimum atomic E-state index is -0.549. The standard InChI is InChI=1S/C18H19ClN2O2S/c1-12(8-13-6-7-24-11-13)20-18(22)17-10-15(21-23-17)9-14-4-2-3-5-16(14)19/h2-7,11-12,17H,8-10H2,1H3,(H,20,22). The van der Waals surface area contributed by atoms with Crippen LogP contribution >= 0.6 is 22.9 Å². The van der Waals surface area contributed by atoms with Crippen LogP contribution in [0.25, 0.3) is 0 Å². The summed E-state index contributed by atoms with van der Waals surface area (Å²) in [6.07, 6.45) is 1.37. The third-order valence-electron chi connectivity index (χ3n) is 3.89. The van der Waals surface area contributed by atoms with Crippen LogP contribution in [0.15, 0.2) is 46.2 Å². The minimum Gasteiger partial charge on any atom is -0.382 e. The van der Waals surface area contributed by atoms with Gasteiger partial charge in [0.1, 0.15) is 0 Å². The molecule has 126 valence electrons. The third kappa shape index (κ3) is 4.36. The van der Waals surface area contributed by atoms with E-state index in [1.54, 1.807) is 11.3 Å². The van der Waals surface area contributed by atoms with E-state index in [-0.39, 0.29) is 11.9 Å². The largest absolute Gasteiger partial charge is 0.382 e. The lowest BCUT2D eigenvalue weighted by molar-refractivity contribution is -0.131. The van der Waals surface area contributed by atoms with Crippen molar-refractivity contribution in [1.82, 2.24) is 5.32 Å². The van der Waals surface area contributed by atoms with Gasteiger partial charge in [-0.2, -0.15) is 11.3 Å². The maximum Gasteiger partial charge on any atom is 0.264 e. The Morgan fingerprint density at radius 3 is 3.04 bits per heavy atom. The predicted molar refractivity (Wildman–Crippen MR) is 97.7 cm³/mol. The van der Waals surface area contributed by atoms with E-state index in [4.69, 9.17) is 16.4 Å². The molecule has 0 radical (unpaired) electrons. The highest BCUT2D eigenvalue weighted by atomic mass is 35.5. The number of nitrogens with zero attached hydrogens (tertiary/aromatic N) is 1. The Morgan fingerprint density at radius 2 is 2.29 bits per heavy atom. The summed E-state index contributed by atoms with van der Waals surface area (Å²) >= 11 is 7.83. The molecule has 1 aromatic heterocycles. The maximum absolute atomic E-state index is 12.3. The van der Waals surface area contributed by atoms with Crippen molar-refractivity contribution in [3.63, 3.8) is 0 Å². The average Bonchev–Trinajstić information content (AvgIpc) is 3.21. The van der Waals surface area contributed by atoms with Crippen LogP contribution in [0.1, 0.15) is 24.5 Å². The zero-order valence-corrected chi connectivity index (χ0v) is 14.9. The van der Waals surface area contributed by atoms with E-state index in [0.29, 0.717) is 17.9 Å². The molecule has 1 aliphatic heterocycles. The van der Waals surface area contributed by atoms with E-state index in [1.807, 2.05) is 36.6 Å². The zero-order valence-electron chi connectivity index (χ0n) is 13.4. The first kappa shape index (κ1) is 17.0. The Kier molecular flexibility index (Phi) is 5.53. The summed E-state index contributed by atoms with van der Waals surface area (Å²) in [5, 5.41) is 11.9. The number of oxime groups is 1. The van der Waals surface area contributed by atoms with Crippen molar-refractivity contribution in [3.05, 3.63) is 57.2 Å². The fourth-order valence-corrected chi connectivity index (χ4v) is 3.57. The first-order valence-corrected chi connectivity index (χ1v) is 9.20. The Labute approximate surface area is 150 Å². The first-order valence-electron chi connectivity index (χ1n) is 7.88. The van der Waals surface area contributed by atoms with Crippen LogP contribution in [0.4, 0.5) is 0 Å². The minimum absolute atomic E-state index is 0.0586. The smallest absolute Gasteiger partial charge is 0.264 e. The number of carbonyl (C=O) groups excluding carboxylic acids is 1. The summed E-state index contributed by atoms with van der Waals surface area (Å²) in [4.78, 5) is 17.6. The monoisotopic (exact) mass is 362 g/mol. The van der Waals surface area contributed by atoms with Gasteiger partial charge in [-0.15, -0.1) is 0 Å². The maximum atomic E-state index is 12.3. The van der Waals surface area contributed by atoms with Crippen molar-refractivity contribution in [2.75, 3.05) is 0 Å². The summed E-state index contributed by atoms with van der Waals surface area (Å²) in [6.45, 7) is 2.00. The van der Waals surface area contributed by atoms with Gasteiger partial charge in [0.2, 0.25) is 6.10 Å². The molecule has 2 unspecified atom stereocenters. The fourth-order valence-electron chi connectivity index (χ4n) is 2.68. The van der Waals surface area contributed by atoms with Crippen molar-refractivity contribution in [2.45, 2.75) is 38.3 Å². The van der Waals surface area contributed by atoms with Crippen LogP contribution in [0.5, 0.6) is 0 Å². The second kappa shape index (κ2) is 7.81. The number of hydrogen-bond acceptors (Lipinski definition) is 4. The van der Waals surface area contributed by atoms with Crippen molar-refractivity contribution in [1.29, 1.82) is 0 Å². The summed E-state index contributed by atoms with van der Waals surface area (Å²) < 4.78 is 0. The Bertz CT molecular complexity index is 730. The van der Waals surface area contributed by atoms with E-state index in [0.717, 1.165) is 17.7 Å². The topological polar surface area (TPSA) is 50.7 Å². The fraction of sp³-hybridized carbons (Fsp3) is 0.333. The van der Waals surface area contributed by atoms with E-state index in [2.05, 4.69) is 21.9 Å². The summed E-state index contributed by atoms with van der Waals surface area (Å²) in [5.41, 5.74) is 3.07. The predicted octanol–water partition coefficient (Wildman–Crippen LogP) is 3.84. The lowest BCUT2D eigenvalue weighted by Crippen LogP contribution is -2.41. The van der Waals surface area contributed by atoms with Gasteiger partial charge < -0.3 is 10.2 Å². The average molecular weight is 363 g/mol. The highest BCUT2D eigenvalue weighted by molar-refractivity contribution is 7.07. The molecule has 1 aliphatic rings. The number of thiophene rings is 1. The highest BCUT2D eigenvalue weighted by Crippen LogP contribution is 2.20. The quantitative estimate of drug-likeness (QED) is 0.848. The molecule has 1 N–H and O–H groups in total. The van der Waals surface area contributed by atoms with Crippen LogP contribution in [0, 0.1) is 0 Å². The molecular weight excluding hydrogens is 344 g/mol. The Morgan fingerprint density at radius 1 is 1.46 bits per heavy atom. The van der Waals surface area contributed by atoms with E-state index in [1.165, 1.54) is 5.56 Å². The van der Waals surface area contributed by atoms with E-state index < -0.39 is 6.10 Å². The van der Waals surface area contributed by atoms with Crippen molar-refractivity contribution >= 4 is 34.6 Å². The molecule has 2 atom stereocenters. The van der Waals surface area contributed by atoms with Crippen LogP contribution in [0.2, 0.25) is 5.02 Å². The molecule has 0 aliphatic carbocycles. The first-order chi connectivity index (χ1) is 11.6. The molecule has 1 aromatic carbocycles. The molecule has 0 bridgehead atoms. The third-order valence-corrected chi connectivity index (χ3v) is 4.99. The van der Waals surface area contributed by atoms with Crippen molar-refractivity contribution in [3.8, 4) is 0 Å². The van der Waals surface area contributed by atoms with Crippen LogP contribution in [-0.2, 0) is 22.5 Å². The number of amides is 1. The summed E-state index contributed by atoms with van der Waals surface area (Å²) in [6, 6.07) is 9.77. The molecule has 0 saturated heterocycles. The number of halogens is 1. The van der Waals surface area contributed by atoms with Gasteiger partial charge in [0.25, 0.3) is 5.91 Å². The molecule has 24 heavy (non-hydrogen) atoms. The molecule has 6 heteroatoms. The van der Waals surface area contributed by atoms with E-state index in [9.17, 15) is 4.79 Å². The second-order valence-electron chi connectivity index (χ2n) is 5.97. The van der Waals surface area contributed by atoms with Gasteiger partial charge in [-0.05, 0) is 47.4 Å². The highest BCUT2D eigenvalue weighted by Gasteiger charge is 2.29. The molecule has 0 fully saturated rings. The summed E-state index contributed by atoms with van der Waals surface area (Å²) in [7, 11) is 0. The lowest BCUT2D eigenvalue weighted by atomic mass is 10.0. The van der Waals surface area contributed by atoms with Crippen LogP contribution < -0.4 is 5.32 Å². The van der Waals surface area contributed by atoms with Crippen molar-refractivity contribution < 1.29 is 9.63 Å². The molecule has 0 spiro atoms. The number of hydrogen-bond donors (Lipinski definition) is 1. The summed E-state index contributed by atoms with van der Waals surface area (Å²) in [5.74, 6) is -0.115. The number of carbonyl (C=O) groups is 1. The van der Waals surface area contributed by atoms with Gasteiger partial charge in [0.15, 0.2) is 0 Å². The molecule has 2 heterocycles. The lowest BCUT2D eigenvalue weighted by Gasteiger charge is -2.15. The number of nitrogens with one attached hydrogen (secondary N) is 1. The van der Waals surface area contributed by atoms with Crippen LogP contribution in [0.3, 0.4) is 0 Å². The molecule has 3 rings (SSSR count). The molecule has 4 nitrogen and oxygen atoms in total. The normalized spacial score (nSPS) is 17.9. The molecule has 0 saturated carbocycles. The second-order valence-corrected chi connectivity index (χ2v) is 7.16. The Balaban J connectivity index is 1.49. The molecule has 2 aromatic rings. The van der Waals surface area contributed by atoms with Gasteiger partial charge in [-0.3, -0.25) is 4.79 Å². The zero-order chi connectivity index (χ0) is 16.9. The van der Waals surface area contributed by atoms with Crippen LogP contribution in [-0.4, -0.2) is 23.8 Å². The van der Waals surface area contributed by atoms with Gasteiger partial charge in [0.05, 0.1) is 5.71 Å². The Hall–Kier alpha value is -1.85. The van der Waals surface area contributed by atoms with Gasteiger partial charge >= 0.3 is 0 Å². The van der Waals surface area contributed by atoms with Gasteiger partial charge in [-0.1, -0.05) is 35.0 Å². The number of rotatable bonds is 6.